The zero-order chi connectivity index (χ0) is 19.4. The van der Waals surface area contributed by atoms with Crippen LogP contribution in [0.25, 0.3) is 0 Å². The van der Waals surface area contributed by atoms with E-state index in [1.165, 1.54) is 0 Å². The molecule has 1 saturated heterocycles. The maximum absolute atomic E-state index is 11.8. The summed E-state index contributed by atoms with van der Waals surface area (Å²) in [6.45, 7) is 13.3. The summed E-state index contributed by atoms with van der Waals surface area (Å²) >= 11 is 0. The number of aliphatic imine (C=N–C) groups is 1. The Kier molecular flexibility index (Phi) is 14.6. The fourth-order valence-corrected chi connectivity index (χ4v) is 3.17. The molecule has 0 aromatic rings. The van der Waals surface area contributed by atoms with Gasteiger partial charge in [0.2, 0.25) is 5.91 Å². The van der Waals surface area contributed by atoms with Crippen molar-refractivity contribution in [2.24, 2.45) is 10.9 Å². The monoisotopic (exact) mass is 495 g/mol. The van der Waals surface area contributed by atoms with Gasteiger partial charge in [-0.15, -0.1) is 30.6 Å². The summed E-state index contributed by atoms with van der Waals surface area (Å²) in [6.07, 6.45) is 4.07. The molecule has 0 saturated carbocycles. The molecule has 1 aliphatic rings. The molecular formula is C19H38IN5O2. The van der Waals surface area contributed by atoms with Crippen LogP contribution in [0.5, 0.6) is 0 Å². The van der Waals surface area contributed by atoms with Gasteiger partial charge in [0, 0.05) is 46.3 Å². The highest BCUT2D eigenvalue weighted by Crippen LogP contribution is 2.19. The lowest BCUT2D eigenvalue weighted by Crippen LogP contribution is -2.53. The molecule has 0 radical (unpaired) electrons. The van der Waals surface area contributed by atoms with Gasteiger partial charge in [-0.05, 0) is 5.92 Å². The number of likely N-dealkylation sites (N-methyl/N-ethyl adjacent to an activating group) is 1. The molecule has 0 aromatic carbocycles. The normalized spacial score (nSPS) is 16.4. The Morgan fingerprint density at radius 3 is 2.41 bits per heavy atom. The molecule has 1 fully saturated rings. The van der Waals surface area contributed by atoms with Gasteiger partial charge in [-0.2, -0.15) is 0 Å². The fraction of sp³-hybridized carbons (Fsp3) is 0.789. The fourth-order valence-electron chi connectivity index (χ4n) is 3.17. The first kappa shape index (κ1) is 26.1. The number of nitrogens with zero attached hydrogens (tertiary/aromatic N) is 3. The summed E-state index contributed by atoms with van der Waals surface area (Å²) in [7, 11) is 3.48. The van der Waals surface area contributed by atoms with Gasteiger partial charge < -0.3 is 20.3 Å². The third-order valence-corrected chi connectivity index (χ3v) is 4.87. The summed E-state index contributed by atoms with van der Waals surface area (Å²) in [4.78, 5) is 20.3. The Labute approximate surface area is 182 Å². The minimum Gasteiger partial charge on any atom is -0.379 e. The lowest BCUT2D eigenvalue weighted by molar-refractivity contribution is -0.127. The number of morpholine rings is 1. The van der Waals surface area contributed by atoms with Crippen LogP contribution in [0.15, 0.2) is 17.6 Å². The summed E-state index contributed by atoms with van der Waals surface area (Å²) < 4.78 is 5.51. The zero-order valence-corrected chi connectivity index (χ0v) is 19.7. The molecule has 27 heavy (non-hydrogen) atoms. The number of halogens is 1. The summed E-state index contributed by atoms with van der Waals surface area (Å²) in [6, 6.07) is 0.425. The van der Waals surface area contributed by atoms with Crippen molar-refractivity contribution >= 4 is 35.8 Å². The number of nitrogens with one attached hydrogen (secondary N) is 2. The van der Waals surface area contributed by atoms with Crippen molar-refractivity contribution in [2.45, 2.75) is 32.7 Å². The van der Waals surface area contributed by atoms with Crippen LogP contribution in [0.4, 0.5) is 0 Å². The predicted octanol–water partition coefficient (Wildman–Crippen LogP) is 1.55. The second-order valence-corrected chi connectivity index (χ2v) is 6.80. The Morgan fingerprint density at radius 2 is 1.89 bits per heavy atom. The van der Waals surface area contributed by atoms with Gasteiger partial charge in [0.15, 0.2) is 5.96 Å². The van der Waals surface area contributed by atoms with Crippen LogP contribution in [0, 0.1) is 5.92 Å². The Morgan fingerprint density at radius 1 is 1.26 bits per heavy atom. The van der Waals surface area contributed by atoms with Gasteiger partial charge in [-0.1, -0.05) is 32.8 Å². The third kappa shape index (κ3) is 9.75. The summed E-state index contributed by atoms with van der Waals surface area (Å²) in [5.74, 6) is 1.25. The molecule has 1 atom stereocenters. The topological polar surface area (TPSA) is 69.2 Å². The largest absolute Gasteiger partial charge is 0.379 e. The number of carbonyl (C=O) groups is 1. The van der Waals surface area contributed by atoms with E-state index in [0.29, 0.717) is 24.5 Å². The zero-order valence-electron chi connectivity index (χ0n) is 17.4. The predicted molar refractivity (Wildman–Crippen MR) is 123 cm³/mol. The van der Waals surface area contributed by atoms with Crippen molar-refractivity contribution in [1.82, 2.24) is 20.4 Å². The van der Waals surface area contributed by atoms with E-state index < -0.39 is 0 Å². The molecule has 7 nitrogen and oxygen atoms in total. The van der Waals surface area contributed by atoms with Crippen LogP contribution in [-0.4, -0.2) is 87.7 Å². The van der Waals surface area contributed by atoms with E-state index in [0.717, 1.165) is 45.7 Å². The Bertz CT molecular complexity index is 449. The molecule has 1 unspecified atom stereocenters. The highest BCUT2D eigenvalue weighted by molar-refractivity contribution is 14.0. The molecule has 0 bridgehead atoms. The van der Waals surface area contributed by atoms with Crippen molar-refractivity contribution in [2.75, 3.05) is 60.0 Å². The van der Waals surface area contributed by atoms with Gasteiger partial charge in [0.25, 0.3) is 0 Å². The van der Waals surface area contributed by atoms with Crippen molar-refractivity contribution in [3.05, 3.63) is 12.7 Å². The molecule has 1 amide bonds. The molecule has 1 heterocycles. The lowest BCUT2D eigenvalue weighted by atomic mass is 9.92. The lowest BCUT2D eigenvalue weighted by Gasteiger charge is -2.39. The Balaban J connectivity index is 0.00000676. The van der Waals surface area contributed by atoms with Gasteiger partial charge in [0.05, 0.1) is 13.2 Å². The molecule has 1 aliphatic heterocycles. The number of rotatable bonds is 10. The van der Waals surface area contributed by atoms with Crippen LogP contribution in [-0.2, 0) is 9.53 Å². The molecule has 0 spiro atoms. The number of guanidine groups is 1. The highest BCUT2D eigenvalue weighted by Gasteiger charge is 2.27. The van der Waals surface area contributed by atoms with Crippen molar-refractivity contribution in [1.29, 1.82) is 0 Å². The highest BCUT2D eigenvalue weighted by atomic mass is 127. The number of hydrogen-bond donors (Lipinski definition) is 2. The standard InChI is InChI=1S/C19H37N5O2.HI/c1-6-9-20-19(22-15-18(25)23(4)5)21-14-17(16(7-2)8-3)24-10-12-26-13-11-24;/h6,16-17H,1,7-15H2,2-5H3,(H2,20,21,22);1H. The third-order valence-electron chi connectivity index (χ3n) is 4.87. The van der Waals surface area contributed by atoms with Gasteiger partial charge in [-0.3, -0.25) is 9.69 Å². The average Bonchev–Trinajstić information content (AvgIpc) is 2.66. The first-order valence-corrected chi connectivity index (χ1v) is 9.68. The number of ether oxygens (including phenoxy) is 1. The minimum atomic E-state index is -0.0191. The molecule has 2 N–H and O–H groups in total. The van der Waals surface area contributed by atoms with Crippen LogP contribution >= 0.6 is 24.0 Å². The maximum Gasteiger partial charge on any atom is 0.243 e. The molecule has 8 heteroatoms. The second kappa shape index (κ2) is 15.1. The Hall–Kier alpha value is -0.870. The first-order chi connectivity index (χ1) is 12.5. The van der Waals surface area contributed by atoms with Crippen molar-refractivity contribution in [3.63, 3.8) is 0 Å². The van der Waals surface area contributed by atoms with Crippen LogP contribution in [0.3, 0.4) is 0 Å². The maximum atomic E-state index is 11.8. The number of hydrogen-bond acceptors (Lipinski definition) is 4. The first-order valence-electron chi connectivity index (χ1n) is 9.68. The quantitative estimate of drug-likeness (QED) is 0.208. The van der Waals surface area contributed by atoms with Gasteiger partial charge >= 0.3 is 0 Å². The van der Waals surface area contributed by atoms with Gasteiger partial charge in [0.1, 0.15) is 6.54 Å². The van der Waals surface area contributed by atoms with E-state index >= 15 is 0 Å². The minimum absolute atomic E-state index is 0. The number of carbonyl (C=O) groups excluding carboxylic acids is 1. The van der Waals surface area contributed by atoms with E-state index in [2.05, 4.69) is 41.0 Å². The van der Waals surface area contributed by atoms with Crippen molar-refractivity contribution in [3.8, 4) is 0 Å². The molecule has 0 aliphatic carbocycles. The molecule has 0 aromatic heterocycles. The summed E-state index contributed by atoms with van der Waals surface area (Å²) in [5, 5.41) is 6.64. The van der Waals surface area contributed by atoms with E-state index in [1.54, 1.807) is 25.1 Å². The average molecular weight is 495 g/mol. The van der Waals surface area contributed by atoms with Crippen LogP contribution in [0.1, 0.15) is 26.7 Å². The smallest absolute Gasteiger partial charge is 0.243 e. The van der Waals surface area contributed by atoms with Crippen LogP contribution in [0.2, 0.25) is 0 Å². The second-order valence-electron chi connectivity index (χ2n) is 6.80. The number of amides is 1. The SMILES string of the molecule is C=CCNC(=NCC(=O)N(C)C)NCC(C(CC)CC)N1CCOCC1.I. The van der Waals surface area contributed by atoms with Gasteiger partial charge in [-0.25, -0.2) is 4.99 Å². The van der Waals surface area contributed by atoms with Crippen LogP contribution < -0.4 is 10.6 Å². The molecular weight excluding hydrogens is 457 g/mol. The van der Waals surface area contributed by atoms with E-state index in [-0.39, 0.29) is 36.4 Å². The molecule has 1 rings (SSSR count). The van der Waals surface area contributed by atoms with E-state index in [9.17, 15) is 4.79 Å². The van der Waals surface area contributed by atoms with E-state index in [4.69, 9.17) is 4.74 Å². The summed E-state index contributed by atoms with van der Waals surface area (Å²) in [5.41, 5.74) is 0. The van der Waals surface area contributed by atoms with E-state index in [1.807, 2.05) is 0 Å². The molecule has 158 valence electrons. The van der Waals surface area contributed by atoms with Crippen molar-refractivity contribution < 1.29 is 9.53 Å².